The van der Waals surface area contributed by atoms with Crippen LogP contribution in [0.5, 0.6) is 0 Å². The van der Waals surface area contributed by atoms with Crippen molar-refractivity contribution in [2.75, 3.05) is 5.32 Å². The monoisotopic (exact) mass is 362 g/mol. The molecule has 5 nitrogen and oxygen atoms in total. The molecule has 0 aliphatic rings. The molecule has 82 valence electrons. The standard InChI is InChI=1S/C8H4Br2N4OS/c9-5-1-11-7(6(10)13-5)14-8(15)4-2-16-3-12-4/h1-3H,(H,11,14,15). The van der Waals surface area contributed by atoms with Gasteiger partial charge in [-0.3, -0.25) is 4.79 Å². The number of rotatable bonds is 2. The molecule has 0 aliphatic heterocycles. The third-order valence-corrected chi connectivity index (χ3v) is 3.12. The highest BCUT2D eigenvalue weighted by molar-refractivity contribution is 9.11. The Morgan fingerprint density at radius 3 is 2.81 bits per heavy atom. The summed E-state index contributed by atoms with van der Waals surface area (Å²) in [6.45, 7) is 0. The number of anilines is 1. The van der Waals surface area contributed by atoms with Crippen LogP contribution in [-0.2, 0) is 0 Å². The molecule has 0 unspecified atom stereocenters. The molecule has 0 spiro atoms. The van der Waals surface area contributed by atoms with E-state index in [4.69, 9.17) is 0 Å². The Balaban J connectivity index is 2.18. The highest BCUT2D eigenvalue weighted by Gasteiger charge is 2.11. The molecule has 2 aromatic heterocycles. The predicted molar refractivity (Wildman–Crippen MR) is 67.5 cm³/mol. The third-order valence-electron chi connectivity index (χ3n) is 1.60. The minimum Gasteiger partial charge on any atom is -0.303 e. The molecule has 0 radical (unpaired) electrons. The lowest BCUT2D eigenvalue weighted by molar-refractivity contribution is 0.102. The number of carbonyl (C=O) groups excluding carboxylic acids is 1. The molecule has 1 N–H and O–H groups in total. The predicted octanol–water partition coefficient (Wildman–Crippen LogP) is 2.71. The smallest absolute Gasteiger partial charge is 0.276 e. The average Bonchev–Trinajstić information content (AvgIpc) is 2.75. The zero-order valence-electron chi connectivity index (χ0n) is 7.65. The van der Waals surface area contributed by atoms with E-state index in [1.807, 2.05) is 0 Å². The number of amides is 1. The molecule has 16 heavy (non-hydrogen) atoms. The molecule has 0 aromatic carbocycles. The van der Waals surface area contributed by atoms with Gasteiger partial charge in [0.2, 0.25) is 0 Å². The second-order valence-electron chi connectivity index (χ2n) is 2.66. The maximum Gasteiger partial charge on any atom is 0.276 e. The van der Waals surface area contributed by atoms with Crippen molar-refractivity contribution < 1.29 is 4.79 Å². The van der Waals surface area contributed by atoms with E-state index in [0.29, 0.717) is 20.7 Å². The van der Waals surface area contributed by atoms with Gasteiger partial charge >= 0.3 is 0 Å². The van der Waals surface area contributed by atoms with Crippen molar-refractivity contribution in [1.29, 1.82) is 0 Å². The fourth-order valence-electron chi connectivity index (χ4n) is 0.927. The highest BCUT2D eigenvalue weighted by Crippen LogP contribution is 2.19. The molecule has 2 heterocycles. The quantitative estimate of drug-likeness (QED) is 0.890. The van der Waals surface area contributed by atoms with Gasteiger partial charge in [0.05, 0.1) is 11.7 Å². The number of carbonyl (C=O) groups is 1. The van der Waals surface area contributed by atoms with Crippen LogP contribution >= 0.6 is 43.2 Å². The van der Waals surface area contributed by atoms with Crippen LogP contribution in [0.3, 0.4) is 0 Å². The molecule has 0 fully saturated rings. The van der Waals surface area contributed by atoms with Crippen molar-refractivity contribution in [1.82, 2.24) is 15.0 Å². The zero-order chi connectivity index (χ0) is 11.5. The molecule has 1 amide bonds. The molecule has 0 atom stereocenters. The summed E-state index contributed by atoms with van der Waals surface area (Å²) < 4.78 is 1.05. The number of halogens is 2. The molecule has 2 aromatic rings. The number of nitrogens with zero attached hydrogens (tertiary/aromatic N) is 3. The molecule has 2 rings (SSSR count). The van der Waals surface area contributed by atoms with Crippen LogP contribution in [0.1, 0.15) is 10.5 Å². The molecular weight excluding hydrogens is 360 g/mol. The Morgan fingerprint density at radius 2 is 2.19 bits per heavy atom. The maximum atomic E-state index is 11.6. The summed E-state index contributed by atoms with van der Waals surface area (Å²) in [5.74, 6) is 0.0553. The summed E-state index contributed by atoms with van der Waals surface area (Å²) in [7, 11) is 0. The lowest BCUT2D eigenvalue weighted by Crippen LogP contribution is -2.14. The van der Waals surface area contributed by atoms with Crippen LogP contribution in [0.2, 0.25) is 0 Å². The van der Waals surface area contributed by atoms with Gasteiger partial charge in [-0.2, -0.15) is 0 Å². The summed E-state index contributed by atoms with van der Waals surface area (Å²) in [5.41, 5.74) is 1.96. The number of aromatic nitrogens is 3. The largest absolute Gasteiger partial charge is 0.303 e. The van der Waals surface area contributed by atoms with E-state index in [2.05, 4.69) is 52.1 Å². The first kappa shape index (κ1) is 11.6. The van der Waals surface area contributed by atoms with Gasteiger partial charge in [-0.05, 0) is 31.9 Å². The van der Waals surface area contributed by atoms with E-state index in [1.165, 1.54) is 17.5 Å². The van der Waals surface area contributed by atoms with Crippen molar-refractivity contribution in [2.24, 2.45) is 0 Å². The first-order chi connectivity index (χ1) is 7.66. The van der Waals surface area contributed by atoms with Gasteiger partial charge in [0.1, 0.15) is 14.9 Å². The van der Waals surface area contributed by atoms with E-state index in [1.54, 1.807) is 10.9 Å². The lowest BCUT2D eigenvalue weighted by Gasteiger charge is -2.03. The fourth-order valence-corrected chi connectivity index (χ4v) is 2.37. The van der Waals surface area contributed by atoms with Crippen LogP contribution in [0.25, 0.3) is 0 Å². The SMILES string of the molecule is O=C(Nc1ncc(Br)nc1Br)c1cscn1. The molecular formula is C8H4Br2N4OS. The molecule has 0 aliphatic carbocycles. The van der Waals surface area contributed by atoms with Crippen molar-refractivity contribution in [3.8, 4) is 0 Å². The first-order valence-corrected chi connectivity index (χ1v) is 6.57. The second-order valence-corrected chi connectivity index (χ2v) is 4.94. The van der Waals surface area contributed by atoms with Crippen molar-refractivity contribution >= 4 is 54.9 Å². The topological polar surface area (TPSA) is 67.8 Å². The zero-order valence-corrected chi connectivity index (χ0v) is 11.6. The van der Waals surface area contributed by atoms with Gasteiger partial charge in [0.15, 0.2) is 5.82 Å². The minimum absolute atomic E-state index is 0.307. The molecule has 0 saturated heterocycles. The van der Waals surface area contributed by atoms with E-state index in [0.717, 1.165) is 0 Å². The number of hydrogen-bond acceptors (Lipinski definition) is 5. The minimum atomic E-state index is -0.307. The van der Waals surface area contributed by atoms with Crippen molar-refractivity contribution in [3.63, 3.8) is 0 Å². The van der Waals surface area contributed by atoms with Crippen molar-refractivity contribution in [3.05, 3.63) is 32.0 Å². The summed E-state index contributed by atoms with van der Waals surface area (Å²) in [4.78, 5) is 23.6. The second kappa shape index (κ2) is 4.98. The maximum absolute atomic E-state index is 11.6. The van der Waals surface area contributed by atoms with Crippen LogP contribution < -0.4 is 5.32 Å². The Hall–Kier alpha value is -0.860. The number of nitrogens with one attached hydrogen (secondary N) is 1. The summed E-state index contributed by atoms with van der Waals surface area (Å²) in [6.07, 6.45) is 1.50. The van der Waals surface area contributed by atoms with E-state index >= 15 is 0 Å². The molecule has 8 heteroatoms. The lowest BCUT2D eigenvalue weighted by atomic mass is 10.4. The van der Waals surface area contributed by atoms with Gasteiger partial charge in [0, 0.05) is 5.38 Å². The highest BCUT2D eigenvalue weighted by atomic mass is 79.9. The Kier molecular flexibility index (Phi) is 3.62. The van der Waals surface area contributed by atoms with Crippen molar-refractivity contribution in [2.45, 2.75) is 0 Å². The van der Waals surface area contributed by atoms with Gasteiger partial charge in [-0.25, -0.2) is 15.0 Å². The van der Waals surface area contributed by atoms with E-state index < -0.39 is 0 Å². The fraction of sp³-hybridized carbons (Fsp3) is 0. The number of thiazole rings is 1. The first-order valence-electron chi connectivity index (χ1n) is 4.04. The molecule has 0 bridgehead atoms. The van der Waals surface area contributed by atoms with Crippen LogP contribution in [0.15, 0.2) is 26.3 Å². The van der Waals surface area contributed by atoms with E-state index in [9.17, 15) is 4.79 Å². The van der Waals surface area contributed by atoms with Crippen LogP contribution in [0, 0.1) is 0 Å². The van der Waals surface area contributed by atoms with Gasteiger partial charge in [-0.15, -0.1) is 11.3 Å². The number of hydrogen-bond donors (Lipinski definition) is 1. The van der Waals surface area contributed by atoms with E-state index in [-0.39, 0.29) is 5.91 Å². The van der Waals surface area contributed by atoms with Gasteiger partial charge in [0.25, 0.3) is 5.91 Å². The van der Waals surface area contributed by atoms with Gasteiger partial charge in [-0.1, -0.05) is 0 Å². The Morgan fingerprint density at radius 1 is 1.38 bits per heavy atom. The van der Waals surface area contributed by atoms with Gasteiger partial charge < -0.3 is 5.32 Å². The normalized spacial score (nSPS) is 10.1. The third kappa shape index (κ3) is 2.63. The Bertz CT molecular complexity index is 517. The summed E-state index contributed by atoms with van der Waals surface area (Å²) >= 11 is 7.73. The average molecular weight is 364 g/mol. The van der Waals surface area contributed by atoms with Crippen LogP contribution in [-0.4, -0.2) is 20.9 Å². The Labute approximate surface area is 112 Å². The van der Waals surface area contributed by atoms with Crippen LogP contribution in [0.4, 0.5) is 5.82 Å². The summed E-state index contributed by atoms with van der Waals surface area (Å²) in [5, 5.41) is 4.27. The molecule has 0 saturated carbocycles. The summed E-state index contributed by atoms with van der Waals surface area (Å²) in [6, 6.07) is 0.